The van der Waals surface area contributed by atoms with E-state index in [4.69, 9.17) is 28.4 Å². The second-order valence-corrected chi connectivity index (χ2v) is 9.17. The predicted octanol–water partition coefficient (Wildman–Crippen LogP) is 3.10. The number of thiol groups is 4. The molecule has 0 aliphatic rings. The smallest absolute Gasteiger partial charge is 0.305 e. The summed E-state index contributed by atoms with van der Waals surface area (Å²) in [6, 6.07) is 0. The molecule has 196 valence electrons. The Kier molecular flexibility index (Phi) is 24.0. The van der Waals surface area contributed by atoms with E-state index in [0.29, 0.717) is 37.6 Å². The van der Waals surface area contributed by atoms with Crippen LogP contribution in [-0.2, 0) is 38.0 Å². The largest absolute Gasteiger partial charge is 0.465 e. The molecule has 0 aromatic heterocycles. The first kappa shape index (κ1) is 33.2. The van der Waals surface area contributed by atoms with Crippen LogP contribution in [0.25, 0.3) is 0 Å². The molecule has 0 aromatic carbocycles. The Morgan fingerprint density at radius 1 is 0.545 bits per heavy atom. The predicted molar refractivity (Wildman–Crippen MR) is 141 cm³/mol. The molecule has 0 bridgehead atoms. The Bertz CT molecular complexity index is 443. The van der Waals surface area contributed by atoms with Gasteiger partial charge in [-0.1, -0.05) is 0 Å². The van der Waals surface area contributed by atoms with Gasteiger partial charge in [-0.2, -0.15) is 50.5 Å². The standard InChI is InChI=1S/C21H40O8S4/c22-19(5-1-9-30)28-15-21(13-26-17-24-7-3-11-32,14-27-18-25-8-4-12-33)16-29-20(23)6-2-10-31/h30-33H,1-18H2. The van der Waals surface area contributed by atoms with E-state index in [1.54, 1.807) is 0 Å². The first-order chi connectivity index (χ1) is 16.0. The van der Waals surface area contributed by atoms with Gasteiger partial charge in [-0.25, -0.2) is 0 Å². The Hall–Kier alpha value is 0.180. The summed E-state index contributed by atoms with van der Waals surface area (Å²) in [5, 5.41) is 0. The molecule has 0 unspecified atom stereocenters. The highest BCUT2D eigenvalue weighted by Gasteiger charge is 2.35. The maximum atomic E-state index is 12.1. The summed E-state index contributed by atoms with van der Waals surface area (Å²) in [5.41, 5.74) is -0.910. The zero-order valence-electron chi connectivity index (χ0n) is 19.3. The summed E-state index contributed by atoms with van der Waals surface area (Å²) in [4.78, 5) is 24.2. The zero-order valence-corrected chi connectivity index (χ0v) is 22.9. The number of esters is 2. The summed E-state index contributed by atoms with van der Waals surface area (Å²) < 4.78 is 33.2. The summed E-state index contributed by atoms with van der Waals surface area (Å²) in [7, 11) is 0. The van der Waals surface area contributed by atoms with Gasteiger partial charge in [0.2, 0.25) is 0 Å². The second-order valence-electron chi connectivity index (χ2n) is 7.38. The SMILES string of the molecule is O=C(CCCS)OCC(COCOCCCS)(COCOCCCS)COC(=O)CCCS. The van der Waals surface area contributed by atoms with Crippen LogP contribution in [0.2, 0.25) is 0 Å². The van der Waals surface area contributed by atoms with Crippen LogP contribution in [-0.4, -0.2) is 88.2 Å². The highest BCUT2D eigenvalue weighted by atomic mass is 32.1. The van der Waals surface area contributed by atoms with Gasteiger partial charge < -0.3 is 28.4 Å². The van der Waals surface area contributed by atoms with Crippen molar-refractivity contribution in [2.45, 2.75) is 38.5 Å². The minimum absolute atomic E-state index is 0.0362. The van der Waals surface area contributed by atoms with Crippen LogP contribution in [0.5, 0.6) is 0 Å². The summed E-state index contributed by atoms with van der Waals surface area (Å²) >= 11 is 16.5. The van der Waals surface area contributed by atoms with Crippen molar-refractivity contribution in [1.29, 1.82) is 0 Å². The molecule has 12 heteroatoms. The molecule has 0 saturated heterocycles. The number of hydrogen-bond acceptors (Lipinski definition) is 12. The maximum absolute atomic E-state index is 12.1. The van der Waals surface area contributed by atoms with Crippen LogP contribution in [0.1, 0.15) is 38.5 Å². The molecule has 0 amide bonds. The molecule has 0 rings (SSSR count). The fraction of sp³-hybridized carbons (Fsp3) is 0.905. The Morgan fingerprint density at radius 3 is 1.30 bits per heavy atom. The summed E-state index contributed by atoms with van der Waals surface area (Å²) in [6.45, 7) is 1.27. The number of rotatable bonds is 24. The van der Waals surface area contributed by atoms with Crippen molar-refractivity contribution in [3.63, 3.8) is 0 Å². The quantitative estimate of drug-likeness (QED) is 0.0634. The van der Waals surface area contributed by atoms with Gasteiger partial charge >= 0.3 is 11.9 Å². The average Bonchev–Trinajstić information content (AvgIpc) is 2.82. The number of ether oxygens (including phenoxy) is 6. The zero-order chi connectivity index (χ0) is 24.6. The van der Waals surface area contributed by atoms with Gasteiger partial charge in [0, 0.05) is 12.8 Å². The van der Waals surface area contributed by atoms with E-state index in [0.717, 1.165) is 24.3 Å². The number of carbonyl (C=O) groups excluding carboxylic acids is 2. The van der Waals surface area contributed by atoms with Crippen LogP contribution < -0.4 is 0 Å². The van der Waals surface area contributed by atoms with Crippen molar-refractivity contribution in [1.82, 2.24) is 0 Å². The molecule has 0 fully saturated rings. The molecule has 8 nitrogen and oxygen atoms in total. The molecule has 0 aliphatic carbocycles. The van der Waals surface area contributed by atoms with E-state index < -0.39 is 5.41 Å². The third-order valence-corrected chi connectivity index (χ3v) is 5.47. The van der Waals surface area contributed by atoms with Crippen LogP contribution in [0, 0.1) is 5.41 Å². The van der Waals surface area contributed by atoms with Crippen molar-refractivity contribution in [3.8, 4) is 0 Å². The van der Waals surface area contributed by atoms with Crippen molar-refractivity contribution in [3.05, 3.63) is 0 Å². The Morgan fingerprint density at radius 2 is 0.939 bits per heavy atom. The number of hydrogen-bond donors (Lipinski definition) is 4. The fourth-order valence-corrected chi connectivity index (χ4v) is 2.97. The lowest BCUT2D eigenvalue weighted by Gasteiger charge is -2.32. The normalized spacial score (nSPS) is 11.5. The Balaban J connectivity index is 5.06. The molecule has 0 saturated carbocycles. The molecule has 0 atom stereocenters. The highest BCUT2D eigenvalue weighted by Crippen LogP contribution is 2.22. The lowest BCUT2D eigenvalue weighted by molar-refractivity contribution is -0.175. The average molecular weight is 549 g/mol. The van der Waals surface area contributed by atoms with Crippen LogP contribution in [0.3, 0.4) is 0 Å². The van der Waals surface area contributed by atoms with E-state index in [2.05, 4.69) is 50.5 Å². The molecule has 0 spiro atoms. The number of carbonyl (C=O) groups is 2. The molecule has 0 heterocycles. The van der Waals surface area contributed by atoms with Gasteiger partial charge in [-0.3, -0.25) is 9.59 Å². The van der Waals surface area contributed by atoms with E-state index in [1.807, 2.05) is 0 Å². The third-order valence-electron chi connectivity index (χ3n) is 4.20. The Labute approximate surface area is 220 Å². The van der Waals surface area contributed by atoms with Crippen molar-refractivity contribution >= 4 is 62.5 Å². The first-order valence-corrected chi connectivity index (χ1v) is 13.6. The van der Waals surface area contributed by atoms with Gasteiger partial charge in [-0.05, 0) is 48.7 Å². The maximum Gasteiger partial charge on any atom is 0.305 e. The monoisotopic (exact) mass is 548 g/mol. The fourth-order valence-electron chi connectivity index (χ4n) is 2.39. The third kappa shape index (κ3) is 20.1. The molecule has 0 N–H and O–H groups in total. The van der Waals surface area contributed by atoms with Crippen LogP contribution in [0.15, 0.2) is 0 Å². The van der Waals surface area contributed by atoms with Gasteiger partial charge in [0.1, 0.15) is 26.8 Å². The van der Waals surface area contributed by atoms with Gasteiger partial charge in [0.15, 0.2) is 0 Å². The second kappa shape index (κ2) is 23.9. The molecular formula is C21H40O8S4. The van der Waals surface area contributed by atoms with E-state index >= 15 is 0 Å². The minimum Gasteiger partial charge on any atom is -0.465 e. The topological polar surface area (TPSA) is 89.5 Å². The first-order valence-electron chi connectivity index (χ1n) is 11.1. The minimum atomic E-state index is -0.910. The highest BCUT2D eigenvalue weighted by molar-refractivity contribution is 7.80. The van der Waals surface area contributed by atoms with Gasteiger partial charge in [0.05, 0.1) is 31.8 Å². The lowest BCUT2D eigenvalue weighted by Crippen LogP contribution is -2.43. The van der Waals surface area contributed by atoms with Gasteiger partial charge in [-0.15, -0.1) is 0 Å². The van der Waals surface area contributed by atoms with E-state index in [1.165, 1.54) is 0 Å². The van der Waals surface area contributed by atoms with Crippen molar-refractivity contribution < 1.29 is 38.0 Å². The van der Waals surface area contributed by atoms with Crippen molar-refractivity contribution in [2.24, 2.45) is 5.41 Å². The van der Waals surface area contributed by atoms with Crippen LogP contribution in [0.4, 0.5) is 0 Å². The van der Waals surface area contributed by atoms with Crippen molar-refractivity contribution in [2.75, 3.05) is 76.2 Å². The molecular weight excluding hydrogens is 508 g/mol. The van der Waals surface area contributed by atoms with Crippen LogP contribution >= 0.6 is 50.5 Å². The summed E-state index contributed by atoms with van der Waals surface area (Å²) in [6.07, 6.45) is 3.33. The summed E-state index contributed by atoms with van der Waals surface area (Å²) in [5.74, 6) is 1.89. The van der Waals surface area contributed by atoms with Gasteiger partial charge in [0.25, 0.3) is 0 Å². The lowest BCUT2D eigenvalue weighted by atomic mass is 9.92. The molecule has 0 aromatic rings. The molecule has 0 radical (unpaired) electrons. The molecule has 0 aliphatic heterocycles. The van der Waals surface area contributed by atoms with E-state index in [-0.39, 0.29) is 64.8 Å². The van der Waals surface area contributed by atoms with E-state index in [9.17, 15) is 9.59 Å². The molecule has 33 heavy (non-hydrogen) atoms.